The van der Waals surface area contributed by atoms with E-state index in [1.807, 2.05) is 6.92 Å². The van der Waals surface area contributed by atoms with Crippen molar-refractivity contribution >= 4 is 50.6 Å². The van der Waals surface area contributed by atoms with Crippen LogP contribution in [-0.2, 0) is 19.4 Å². The molecule has 1 amide bonds. The second-order valence-corrected chi connectivity index (χ2v) is 8.33. The van der Waals surface area contributed by atoms with Gasteiger partial charge in [-0.1, -0.05) is 29.3 Å². The van der Waals surface area contributed by atoms with E-state index in [9.17, 15) is 18.0 Å². The fraction of sp³-hybridized carbons (Fsp3) is 0.176. The number of carbonyl (C=O) groups is 2. The Hall–Kier alpha value is -2.09. The Balaban J connectivity index is 2.04. The number of carbonyl (C=O) groups excluding carboxylic acids is 2. The van der Waals surface area contributed by atoms with Crippen LogP contribution >= 0.6 is 23.2 Å². The third-order valence-corrected chi connectivity index (χ3v) is 5.22. The summed E-state index contributed by atoms with van der Waals surface area (Å²) in [5, 5.41) is 3.05. The quantitative estimate of drug-likeness (QED) is 0.754. The van der Waals surface area contributed by atoms with Crippen LogP contribution < -0.4 is 5.32 Å². The number of benzene rings is 2. The lowest BCUT2D eigenvalue weighted by atomic mass is 10.2. The van der Waals surface area contributed by atoms with Crippen molar-refractivity contribution in [3.05, 3.63) is 57.6 Å². The highest BCUT2D eigenvalue weighted by Crippen LogP contribution is 2.22. The molecular weight excluding hydrogens is 401 g/mol. The van der Waals surface area contributed by atoms with E-state index in [4.69, 9.17) is 27.9 Å². The first-order chi connectivity index (χ1) is 12.1. The summed E-state index contributed by atoms with van der Waals surface area (Å²) < 4.78 is 28.0. The molecule has 0 aliphatic rings. The van der Waals surface area contributed by atoms with Crippen molar-refractivity contribution in [2.45, 2.75) is 11.8 Å². The zero-order chi connectivity index (χ0) is 19.5. The molecule has 138 valence electrons. The van der Waals surface area contributed by atoms with Crippen LogP contribution in [0.1, 0.15) is 15.9 Å². The molecule has 0 unspecified atom stereocenters. The lowest BCUT2D eigenvalue weighted by Crippen LogP contribution is -2.21. The maximum Gasteiger partial charge on any atom is 0.340 e. The van der Waals surface area contributed by atoms with Crippen molar-refractivity contribution in [1.82, 2.24) is 0 Å². The SMILES string of the molecule is Cc1ccc(NC(=O)COC(=O)c2cc(S(C)(=O)=O)ccc2Cl)cc1Cl. The number of anilines is 1. The number of hydrogen-bond donors (Lipinski definition) is 1. The van der Waals surface area contributed by atoms with Crippen LogP contribution in [0.15, 0.2) is 41.3 Å². The van der Waals surface area contributed by atoms with Crippen molar-refractivity contribution < 1.29 is 22.7 Å². The highest BCUT2D eigenvalue weighted by Gasteiger charge is 2.17. The summed E-state index contributed by atoms with van der Waals surface area (Å²) in [6.45, 7) is 1.26. The lowest BCUT2D eigenvalue weighted by molar-refractivity contribution is -0.119. The number of nitrogens with one attached hydrogen (secondary N) is 1. The van der Waals surface area contributed by atoms with Gasteiger partial charge in [0.05, 0.1) is 15.5 Å². The number of ether oxygens (including phenoxy) is 1. The Kier molecular flexibility index (Phi) is 6.28. The average molecular weight is 416 g/mol. The van der Waals surface area contributed by atoms with E-state index in [1.165, 1.54) is 12.1 Å². The van der Waals surface area contributed by atoms with Crippen LogP contribution in [0.25, 0.3) is 0 Å². The maximum atomic E-state index is 12.1. The molecule has 0 atom stereocenters. The van der Waals surface area contributed by atoms with Crippen molar-refractivity contribution in [2.75, 3.05) is 18.2 Å². The fourth-order valence-electron chi connectivity index (χ4n) is 1.97. The van der Waals surface area contributed by atoms with Crippen LogP contribution in [0.2, 0.25) is 10.0 Å². The van der Waals surface area contributed by atoms with E-state index < -0.39 is 28.3 Å². The van der Waals surface area contributed by atoms with E-state index in [0.29, 0.717) is 10.7 Å². The molecule has 0 bridgehead atoms. The Morgan fingerprint density at radius 2 is 1.77 bits per heavy atom. The highest BCUT2D eigenvalue weighted by molar-refractivity contribution is 7.90. The van der Waals surface area contributed by atoms with Gasteiger partial charge < -0.3 is 10.1 Å². The minimum absolute atomic E-state index is 0.0214. The van der Waals surface area contributed by atoms with Crippen molar-refractivity contribution in [1.29, 1.82) is 0 Å². The molecule has 0 spiro atoms. The summed E-state index contributed by atoms with van der Waals surface area (Å²) in [5.74, 6) is -1.48. The summed E-state index contributed by atoms with van der Waals surface area (Å²) >= 11 is 11.9. The molecular formula is C17H15Cl2NO5S. The number of amides is 1. The molecule has 2 aromatic carbocycles. The number of aryl methyl sites for hydroxylation is 1. The Bertz CT molecular complexity index is 973. The van der Waals surface area contributed by atoms with Gasteiger partial charge in [-0.05, 0) is 42.8 Å². The van der Waals surface area contributed by atoms with E-state index in [2.05, 4.69) is 5.32 Å². The third-order valence-electron chi connectivity index (χ3n) is 3.38. The molecule has 9 heteroatoms. The second-order valence-electron chi connectivity index (χ2n) is 5.50. The number of esters is 1. The van der Waals surface area contributed by atoms with Crippen molar-refractivity contribution in [3.8, 4) is 0 Å². The monoisotopic (exact) mass is 415 g/mol. The van der Waals surface area contributed by atoms with Gasteiger partial charge >= 0.3 is 5.97 Å². The van der Waals surface area contributed by atoms with Crippen molar-refractivity contribution in [3.63, 3.8) is 0 Å². The fourth-order valence-corrected chi connectivity index (χ4v) is 2.99. The summed E-state index contributed by atoms with van der Waals surface area (Å²) in [6, 6.07) is 8.64. The molecule has 0 fully saturated rings. The zero-order valence-electron chi connectivity index (χ0n) is 13.9. The van der Waals surface area contributed by atoms with Gasteiger partial charge in [0.2, 0.25) is 0 Å². The number of halogens is 2. The Morgan fingerprint density at radius 1 is 1.08 bits per heavy atom. The minimum atomic E-state index is -3.51. The second kappa shape index (κ2) is 8.07. The van der Waals surface area contributed by atoms with Gasteiger partial charge in [-0.2, -0.15) is 0 Å². The Morgan fingerprint density at radius 3 is 2.38 bits per heavy atom. The standard InChI is InChI=1S/C17H15Cl2NO5S/c1-10-3-4-11(7-15(10)19)20-16(21)9-25-17(22)13-8-12(26(2,23)24)5-6-14(13)18/h3-8H,9H2,1-2H3,(H,20,21). The van der Waals surface area contributed by atoms with Gasteiger partial charge in [-0.25, -0.2) is 13.2 Å². The molecule has 0 heterocycles. The van der Waals surface area contributed by atoms with Gasteiger partial charge in [-0.3, -0.25) is 4.79 Å². The molecule has 0 aliphatic heterocycles. The van der Waals surface area contributed by atoms with Crippen LogP contribution in [0.3, 0.4) is 0 Å². The minimum Gasteiger partial charge on any atom is -0.452 e. The predicted octanol–water partition coefficient (Wildman–Crippen LogP) is 3.50. The largest absolute Gasteiger partial charge is 0.452 e. The molecule has 26 heavy (non-hydrogen) atoms. The number of hydrogen-bond acceptors (Lipinski definition) is 5. The molecule has 0 aliphatic carbocycles. The highest BCUT2D eigenvalue weighted by atomic mass is 35.5. The first-order valence-electron chi connectivity index (χ1n) is 7.30. The molecule has 0 saturated carbocycles. The van der Waals surface area contributed by atoms with Gasteiger partial charge in [0.1, 0.15) is 0 Å². The summed E-state index contributed by atoms with van der Waals surface area (Å²) in [7, 11) is -3.51. The van der Waals surface area contributed by atoms with Gasteiger partial charge in [0, 0.05) is 17.0 Å². The maximum absolute atomic E-state index is 12.1. The lowest BCUT2D eigenvalue weighted by Gasteiger charge is -2.09. The first kappa shape index (κ1) is 20.2. The summed E-state index contributed by atoms with van der Waals surface area (Å²) in [4.78, 5) is 23.9. The normalized spacial score (nSPS) is 11.1. The van der Waals surface area contributed by atoms with E-state index in [1.54, 1.807) is 18.2 Å². The molecule has 0 radical (unpaired) electrons. The number of rotatable bonds is 5. The third kappa shape index (κ3) is 5.20. The number of sulfone groups is 1. The average Bonchev–Trinajstić information content (AvgIpc) is 2.55. The molecule has 2 rings (SSSR count). The van der Waals surface area contributed by atoms with Crippen LogP contribution in [0.4, 0.5) is 5.69 Å². The summed E-state index contributed by atoms with van der Waals surface area (Å²) in [6.07, 6.45) is 1.01. The molecule has 6 nitrogen and oxygen atoms in total. The van der Waals surface area contributed by atoms with Crippen LogP contribution in [0.5, 0.6) is 0 Å². The van der Waals surface area contributed by atoms with E-state index in [-0.39, 0.29) is 15.5 Å². The van der Waals surface area contributed by atoms with Gasteiger partial charge in [-0.15, -0.1) is 0 Å². The van der Waals surface area contributed by atoms with Gasteiger partial charge in [0.25, 0.3) is 5.91 Å². The van der Waals surface area contributed by atoms with Gasteiger partial charge in [0.15, 0.2) is 16.4 Å². The molecule has 0 aromatic heterocycles. The predicted molar refractivity (Wildman–Crippen MR) is 99.7 cm³/mol. The topological polar surface area (TPSA) is 89.5 Å². The van der Waals surface area contributed by atoms with E-state index in [0.717, 1.165) is 17.9 Å². The zero-order valence-corrected chi connectivity index (χ0v) is 16.2. The molecule has 1 N–H and O–H groups in total. The van der Waals surface area contributed by atoms with E-state index >= 15 is 0 Å². The molecule has 0 saturated heterocycles. The van der Waals surface area contributed by atoms with Crippen molar-refractivity contribution in [2.24, 2.45) is 0 Å². The Labute approximate surface area is 161 Å². The smallest absolute Gasteiger partial charge is 0.340 e. The molecule has 2 aromatic rings. The van der Waals surface area contributed by atoms with Crippen LogP contribution in [0, 0.1) is 6.92 Å². The first-order valence-corrected chi connectivity index (χ1v) is 9.95. The van der Waals surface area contributed by atoms with Crippen LogP contribution in [-0.4, -0.2) is 33.2 Å². The summed E-state index contributed by atoms with van der Waals surface area (Å²) in [5.41, 5.74) is 1.18.